The van der Waals surface area contributed by atoms with Crippen molar-refractivity contribution in [3.05, 3.63) is 41.9 Å². The predicted molar refractivity (Wildman–Crippen MR) is 91.5 cm³/mol. The molecule has 0 amide bonds. The lowest BCUT2D eigenvalue weighted by atomic mass is 10.1. The van der Waals surface area contributed by atoms with Crippen molar-refractivity contribution < 1.29 is 0 Å². The van der Waals surface area contributed by atoms with Gasteiger partial charge in [0.15, 0.2) is 0 Å². The first-order valence-electron chi connectivity index (χ1n) is 7.24. The number of anilines is 3. The summed E-state index contributed by atoms with van der Waals surface area (Å²) >= 11 is 0. The summed E-state index contributed by atoms with van der Waals surface area (Å²) in [7, 11) is 3.84. The van der Waals surface area contributed by atoms with Gasteiger partial charge < -0.3 is 20.9 Å². The van der Waals surface area contributed by atoms with Gasteiger partial charge in [-0.25, -0.2) is 9.97 Å². The molecule has 6 nitrogen and oxygen atoms in total. The molecule has 0 aliphatic heterocycles. The summed E-state index contributed by atoms with van der Waals surface area (Å²) in [5.41, 5.74) is 4.19. The third-order valence-corrected chi connectivity index (χ3v) is 3.56. The molecular weight excluding hydrogens is 276 g/mol. The smallest absolute Gasteiger partial charge is 0.143 e. The number of fused-ring (bicyclic) bond motifs is 1. The Kier molecular flexibility index (Phi) is 3.82. The number of rotatable bonds is 5. The first-order chi connectivity index (χ1) is 10.7. The lowest BCUT2D eigenvalue weighted by molar-refractivity contribution is 1.05. The van der Waals surface area contributed by atoms with Crippen molar-refractivity contribution in [2.45, 2.75) is 13.5 Å². The Morgan fingerprint density at radius 3 is 2.45 bits per heavy atom. The molecule has 0 saturated carbocycles. The van der Waals surface area contributed by atoms with Crippen LogP contribution in [-0.4, -0.2) is 29.0 Å². The SMILES string of the molecule is CNc1cc(CNc2nc(C)nc3[nH]ccc23)cc(NC)c1. The highest BCUT2D eigenvalue weighted by molar-refractivity contribution is 5.87. The minimum absolute atomic E-state index is 0.695. The van der Waals surface area contributed by atoms with Crippen LogP contribution in [0.5, 0.6) is 0 Å². The Hall–Kier alpha value is -2.76. The Morgan fingerprint density at radius 1 is 1.05 bits per heavy atom. The molecule has 0 aliphatic carbocycles. The maximum atomic E-state index is 4.50. The number of H-pyrrole nitrogens is 1. The standard InChI is InChI=1S/C16H20N6/c1-10-21-15-14(4-5-19-15)16(22-10)20-9-11-6-12(17-2)8-13(7-11)18-3/h4-8,17-18H,9H2,1-3H3,(H2,19,20,21,22). The minimum atomic E-state index is 0.695. The molecule has 3 rings (SSSR count). The van der Waals surface area contributed by atoms with Gasteiger partial charge >= 0.3 is 0 Å². The van der Waals surface area contributed by atoms with Gasteiger partial charge in [-0.05, 0) is 36.8 Å². The van der Waals surface area contributed by atoms with Crippen LogP contribution in [0.25, 0.3) is 11.0 Å². The number of aryl methyl sites for hydroxylation is 1. The number of benzene rings is 1. The van der Waals surface area contributed by atoms with Crippen molar-refractivity contribution in [2.24, 2.45) is 0 Å². The second-order valence-electron chi connectivity index (χ2n) is 5.13. The maximum absolute atomic E-state index is 4.50. The molecule has 2 heterocycles. The average molecular weight is 296 g/mol. The van der Waals surface area contributed by atoms with Gasteiger partial charge in [0.05, 0.1) is 5.39 Å². The van der Waals surface area contributed by atoms with Gasteiger partial charge in [0.1, 0.15) is 17.3 Å². The normalized spacial score (nSPS) is 10.7. The fraction of sp³-hybridized carbons (Fsp3) is 0.250. The number of nitrogens with zero attached hydrogens (tertiary/aromatic N) is 2. The quantitative estimate of drug-likeness (QED) is 0.582. The van der Waals surface area contributed by atoms with Gasteiger partial charge in [0, 0.05) is 38.2 Å². The summed E-state index contributed by atoms with van der Waals surface area (Å²) in [6.07, 6.45) is 1.88. The van der Waals surface area contributed by atoms with E-state index in [-0.39, 0.29) is 0 Å². The van der Waals surface area contributed by atoms with Crippen LogP contribution in [0.15, 0.2) is 30.5 Å². The molecule has 0 fully saturated rings. The van der Waals surface area contributed by atoms with Crippen molar-refractivity contribution in [1.29, 1.82) is 0 Å². The van der Waals surface area contributed by atoms with Crippen LogP contribution in [0.2, 0.25) is 0 Å². The monoisotopic (exact) mass is 296 g/mol. The van der Waals surface area contributed by atoms with E-state index in [0.29, 0.717) is 6.54 Å². The Bertz CT molecular complexity index is 770. The molecule has 6 heteroatoms. The summed E-state index contributed by atoms with van der Waals surface area (Å²) in [5, 5.41) is 10.8. The largest absolute Gasteiger partial charge is 0.388 e. The van der Waals surface area contributed by atoms with Crippen LogP contribution < -0.4 is 16.0 Å². The molecule has 0 aliphatic rings. The second-order valence-corrected chi connectivity index (χ2v) is 5.13. The van der Waals surface area contributed by atoms with Crippen LogP contribution in [0.1, 0.15) is 11.4 Å². The Balaban J connectivity index is 1.86. The van der Waals surface area contributed by atoms with E-state index in [4.69, 9.17) is 0 Å². The van der Waals surface area contributed by atoms with Gasteiger partial charge in [-0.1, -0.05) is 0 Å². The summed E-state index contributed by atoms with van der Waals surface area (Å²) in [4.78, 5) is 12.0. The topological polar surface area (TPSA) is 77.7 Å². The van der Waals surface area contributed by atoms with Gasteiger partial charge in [-0.3, -0.25) is 0 Å². The number of aromatic nitrogens is 3. The maximum Gasteiger partial charge on any atom is 0.143 e. The molecule has 114 valence electrons. The highest BCUT2D eigenvalue weighted by atomic mass is 15.0. The summed E-state index contributed by atoms with van der Waals surface area (Å²) in [6.45, 7) is 2.59. The summed E-state index contributed by atoms with van der Waals surface area (Å²) < 4.78 is 0. The van der Waals surface area contributed by atoms with Crippen LogP contribution in [-0.2, 0) is 6.54 Å². The lowest BCUT2D eigenvalue weighted by Crippen LogP contribution is -2.05. The second kappa shape index (κ2) is 5.93. The molecule has 0 atom stereocenters. The number of aromatic amines is 1. The lowest BCUT2D eigenvalue weighted by Gasteiger charge is -2.11. The number of hydrogen-bond donors (Lipinski definition) is 4. The third-order valence-electron chi connectivity index (χ3n) is 3.56. The molecular formula is C16H20N6. The van der Waals surface area contributed by atoms with E-state index in [2.05, 4.69) is 49.1 Å². The van der Waals surface area contributed by atoms with Gasteiger partial charge in [0.25, 0.3) is 0 Å². The van der Waals surface area contributed by atoms with Gasteiger partial charge in [-0.15, -0.1) is 0 Å². The average Bonchev–Trinajstić information content (AvgIpc) is 3.00. The van der Waals surface area contributed by atoms with E-state index < -0.39 is 0 Å². The minimum Gasteiger partial charge on any atom is -0.388 e. The van der Waals surface area contributed by atoms with E-state index >= 15 is 0 Å². The first kappa shape index (κ1) is 14.2. The fourth-order valence-corrected chi connectivity index (χ4v) is 2.46. The molecule has 2 aromatic heterocycles. The zero-order chi connectivity index (χ0) is 15.5. The van der Waals surface area contributed by atoms with Crippen LogP contribution >= 0.6 is 0 Å². The molecule has 0 saturated heterocycles. The molecule has 1 aromatic carbocycles. The molecule has 0 bridgehead atoms. The van der Waals surface area contributed by atoms with Crippen LogP contribution in [0.4, 0.5) is 17.2 Å². The van der Waals surface area contributed by atoms with E-state index in [1.54, 1.807) is 0 Å². The van der Waals surface area contributed by atoms with Crippen LogP contribution in [0.3, 0.4) is 0 Å². The van der Waals surface area contributed by atoms with Gasteiger partial charge in [0.2, 0.25) is 0 Å². The van der Waals surface area contributed by atoms with E-state index in [1.807, 2.05) is 33.3 Å². The highest BCUT2D eigenvalue weighted by Gasteiger charge is 2.07. The molecule has 22 heavy (non-hydrogen) atoms. The summed E-state index contributed by atoms with van der Waals surface area (Å²) in [6, 6.07) is 8.30. The zero-order valence-corrected chi connectivity index (χ0v) is 13.0. The third kappa shape index (κ3) is 2.81. The van der Waals surface area contributed by atoms with E-state index in [0.717, 1.165) is 34.1 Å². The van der Waals surface area contributed by atoms with Crippen molar-refractivity contribution in [3.8, 4) is 0 Å². The van der Waals surface area contributed by atoms with Crippen molar-refractivity contribution in [1.82, 2.24) is 15.0 Å². The van der Waals surface area contributed by atoms with Crippen LogP contribution in [0, 0.1) is 6.92 Å². The molecule has 3 aromatic rings. The molecule has 4 N–H and O–H groups in total. The van der Waals surface area contributed by atoms with E-state index in [9.17, 15) is 0 Å². The Labute approximate surface area is 129 Å². The van der Waals surface area contributed by atoms with Crippen molar-refractivity contribution in [2.75, 3.05) is 30.0 Å². The highest BCUT2D eigenvalue weighted by Crippen LogP contribution is 2.22. The molecule has 0 radical (unpaired) electrons. The van der Waals surface area contributed by atoms with Crippen molar-refractivity contribution >= 4 is 28.2 Å². The number of nitrogens with one attached hydrogen (secondary N) is 4. The number of hydrogen-bond acceptors (Lipinski definition) is 5. The molecule has 0 spiro atoms. The van der Waals surface area contributed by atoms with Gasteiger partial charge in [-0.2, -0.15) is 0 Å². The summed E-state index contributed by atoms with van der Waals surface area (Å²) in [5.74, 6) is 1.60. The molecule has 0 unspecified atom stereocenters. The van der Waals surface area contributed by atoms with E-state index in [1.165, 1.54) is 5.56 Å². The first-order valence-corrected chi connectivity index (χ1v) is 7.24. The Morgan fingerprint density at radius 2 is 1.77 bits per heavy atom. The zero-order valence-electron chi connectivity index (χ0n) is 13.0. The fourth-order valence-electron chi connectivity index (χ4n) is 2.46. The van der Waals surface area contributed by atoms with Crippen molar-refractivity contribution in [3.63, 3.8) is 0 Å². The predicted octanol–water partition coefficient (Wildman–Crippen LogP) is 2.96.